The molecule has 0 spiro atoms. The zero-order valence-electron chi connectivity index (χ0n) is 11.0. The SMILES string of the molecule is NC1CCC(CNC(=O)c2cc(F)c(O)c(F)c2)CC1. The molecule has 2 rings (SSSR count). The highest BCUT2D eigenvalue weighted by atomic mass is 19.1. The van der Waals surface area contributed by atoms with E-state index in [4.69, 9.17) is 10.8 Å². The molecule has 0 radical (unpaired) electrons. The molecular weight excluding hydrogens is 266 g/mol. The van der Waals surface area contributed by atoms with Crippen LogP contribution in [0.2, 0.25) is 0 Å². The van der Waals surface area contributed by atoms with E-state index in [-0.39, 0.29) is 11.6 Å². The van der Waals surface area contributed by atoms with Gasteiger partial charge in [0.1, 0.15) is 0 Å². The maximum Gasteiger partial charge on any atom is 0.251 e. The quantitative estimate of drug-likeness (QED) is 0.793. The van der Waals surface area contributed by atoms with E-state index in [1.54, 1.807) is 0 Å². The van der Waals surface area contributed by atoms with Gasteiger partial charge in [-0.3, -0.25) is 4.79 Å². The first-order valence-corrected chi connectivity index (χ1v) is 6.69. The van der Waals surface area contributed by atoms with Gasteiger partial charge < -0.3 is 16.2 Å². The Kier molecular flexibility index (Phi) is 4.54. The Morgan fingerprint density at radius 1 is 1.25 bits per heavy atom. The Bertz CT molecular complexity index is 477. The Labute approximate surface area is 116 Å². The second kappa shape index (κ2) is 6.17. The average molecular weight is 284 g/mol. The van der Waals surface area contributed by atoms with Gasteiger partial charge in [0.05, 0.1) is 0 Å². The van der Waals surface area contributed by atoms with E-state index >= 15 is 0 Å². The molecule has 0 aliphatic heterocycles. The van der Waals surface area contributed by atoms with Gasteiger partial charge in [0, 0.05) is 18.2 Å². The standard InChI is InChI=1S/C14H18F2N2O2/c15-11-5-9(6-12(16)13(11)19)14(20)18-7-8-1-3-10(17)4-2-8/h5-6,8,10,19H,1-4,7,17H2,(H,18,20). The normalized spacial score (nSPS) is 22.6. The number of nitrogens with one attached hydrogen (secondary N) is 1. The lowest BCUT2D eigenvalue weighted by atomic mass is 9.86. The molecule has 20 heavy (non-hydrogen) atoms. The largest absolute Gasteiger partial charge is 0.503 e. The molecule has 0 aromatic heterocycles. The summed E-state index contributed by atoms with van der Waals surface area (Å²) in [4.78, 5) is 11.8. The molecule has 6 heteroatoms. The number of carbonyl (C=O) groups excluding carboxylic acids is 1. The van der Waals surface area contributed by atoms with Crippen LogP contribution in [0.4, 0.5) is 8.78 Å². The highest BCUT2D eigenvalue weighted by Gasteiger charge is 2.20. The number of hydrogen-bond donors (Lipinski definition) is 3. The van der Waals surface area contributed by atoms with Crippen LogP contribution in [0.1, 0.15) is 36.0 Å². The smallest absolute Gasteiger partial charge is 0.251 e. The lowest BCUT2D eigenvalue weighted by Crippen LogP contribution is -2.34. The van der Waals surface area contributed by atoms with Crippen molar-refractivity contribution in [3.63, 3.8) is 0 Å². The summed E-state index contributed by atoms with van der Waals surface area (Å²) in [5, 5.41) is 11.6. The first-order chi connectivity index (χ1) is 9.47. The second-order valence-electron chi connectivity index (χ2n) is 5.28. The van der Waals surface area contributed by atoms with Crippen molar-refractivity contribution in [1.29, 1.82) is 0 Å². The predicted octanol–water partition coefficient (Wildman–Crippen LogP) is 1.92. The van der Waals surface area contributed by atoms with Crippen LogP contribution in [-0.2, 0) is 0 Å². The van der Waals surface area contributed by atoms with Gasteiger partial charge >= 0.3 is 0 Å². The van der Waals surface area contributed by atoms with Gasteiger partial charge in [0.15, 0.2) is 17.4 Å². The lowest BCUT2D eigenvalue weighted by Gasteiger charge is -2.26. The summed E-state index contributed by atoms with van der Waals surface area (Å²) in [6, 6.07) is 1.89. The Balaban J connectivity index is 1.92. The zero-order valence-corrected chi connectivity index (χ0v) is 11.0. The Hall–Kier alpha value is -1.69. The van der Waals surface area contributed by atoms with Crippen molar-refractivity contribution in [3.8, 4) is 5.75 Å². The molecule has 1 amide bonds. The van der Waals surface area contributed by atoms with Crippen LogP contribution in [0.25, 0.3) is 0 Å². The van der Waals surface area contributed by atoms with Crippen molar-refractivity contribution in [2.24, 2.45) is 11.7 Å². The summed E-state index contributed by atoms with van der Waals surface area (Å²) < 4.78 is 26.3. The third-order valence-corrected chi connectivity index (χ3v) is 3.72. The molecule has 110 valence electrons. The molecule has 1 fully saturated rings. The van der Waals surface area contributed by atoms with Gasteiger partial charge in [0.25, 0.3) is 5.91 Å². The van der Waals surface area contributed by atoms with E-state index in [9.17, 15) is 13.6 Å². The van der Waals surface area contributed by atoms with Crippen LogP contribution < -0.4 is 11.1 Å². The lowest BCUT2D eigenvalue weighted by molar-refractivity contribution is 0.0942. The van der Waals surface area contributed by atoms with Crippen LogP contribution in [0, 0.1) is 17.6 Å². The summed E-state index contributed by atoms with van der Waals surface area (Å²) in [6.07, 6.45) is 3.76. The monoisotopic (exact) mass is 284 g/mol. The number of halogens is 2. The predicted molar refractivity (Wildman–Crippen MR) is 70.3 cm³/mol. The third kappa shape index (κ3) is 3.45. The molecule has 0 unspecified atom stereocenters. The molecule has 1 aromatic carbocycles. The molecule has 0 saturated heterocycles. The van der Waals surface area contributed by atoms with E-state index in [0.717, 1.165) is 37.8 Å². The van der Waals surface area contributed by atoms with E-state index in [2.05, 4.69) is 5.32 Å². The topological polar surface area (TPSA) is 75.3 Å². The number of rotatable bonds is 3. The fourth-order valence-electron chi connectivity index (χ4n) is 2.43. The molecule has 0 heterocycles. The molecule has 1 aliphatic carbocycles. The van der Waals surface area contributed by atoms with Crippen molar-refractivity contribution < 1.29 is 18.7 Å². The van der Waals surface area contributed by atoms with E-state index < -0.39 is 23.3 Å². The first kappa shape index (κ1) is 14.7. The van der Waals surface area contributed by atoms with Gasteiger partial charge in [-0.2, -0.15) is 0 Å². The minimum atomic E-state index is -1.14. The van der Waals surface area contributed by atoms with E-state index in [0.29, 0.717) is 12.5 Å². The fraction of sp³-hybridized carbons (Fsp3) is 0.500. The number of benzene rings is 1. The summed E-state index contributed by atoms with van der Waals surface area (Å²) in [7, 11) is 0. The summed E-state index contributed by atoms with van der Waals surface area (Å²) in [5.41, 5.74) is 5.66. The molecule has 0 bridgehead atoms. The Morgan fingerprint density at radius 2 is 1.80 bits per heavy atom. The maximum atomic E-state index is 13.2. The van der Waals surface area contributed by atoms with Crippen molar-refractivity contribution in [2.75, 3.05) is 6.54 Å². The minimum Gasteiger partial charge on any atom is -0.503 e. The van der Waals surface area contributed by atoms with Gasteiger partial charge in [-0.1, -0.05) is 0 Å². The number of amides is 1. The third-order valence-electron chi connectivity index (χ3n) is 3.72. The number of aromatic hydroxyl groups is 1. The number of phenols is 1. The summed E-state index contributed by atoms with van der Waals surface area (Å²) in [5.74, 6) is -3.54. The highest BCUT2D eigenvalue weighted by Crippen LogP contribution is 2.23. The minimum absolute atomic E-state index is 0.134. The fourth-order valence-corrected chi connectivity index (χ4v) is 2.43. The van der Waals surface area contributed by atoms with Gasteiger partial charge in [-0.05, 0) is 43.7 Å². The Morgan fingerprint density at radius 3 is 2.35 bits per heavy atom. The molecule has 0 atom stereocenters. The summed E-state index contributed by atoms with van der Waals surface area (Å²) >= 11 is 0. The van der Waals surface area contributed by atoms with Crippen LogP contribution in [0.5, 0.6) is 5.75 Å². The highest BCUT2D eigenvalue weighted by molar-refractivity contribution is 5.94. The van der Waals surface area contributed by atoms with Crippen molar-refractivity contribution >= 4 is 5.91 Å². The molecular formula is C14H18F2N2O2. The van der Waals surface area contributed by atoms with Crippen molar-refractivity contribution in [3.05, 3.63) is 29.3 Å². The molecule has 4 nitrogen and oxygen atoms in total. The van der Waals surface area contributed by atoms with Crippen LogP contribution >= 0.6 is 0 Å². The molecule has 4 N–H and O–H groups in total. The van der Waals surface area contributed by atoms with Gasteiger partial charge in [-0.15, -0.1) is 0 Å². The molecule has 1 saturated carbocycles. The van der Waals surface area contributed by atoms with Crippen LogP contribution in [-0.4, -0.2) is 23.6 Å². The van der Waals surface area contributed by atoms with Crippen LogP contribution in [0.15, 0.2) is 12.1 Å². The first-order valence-electron chi connectivity index (χ1n) is 6.69. The van der Waals surface area contributed by atoms with Crippen LogP contribution in [0.3, 0.4) is 0 Å². The number of phenolic OH excluding ortho intramolecular Hbond substituents is 1. The van der Waals surface area contributed by atoms with E-state index in [1.165, 1.54) is 0 Å². The van der Waals surface area contributed by atoms with Gasteiger partial charge in [-0.25, -0.2) is 8.78 Å². The van der Waals surface area contributed by atoms with Crippen molar-refractivity contribution in [2.45, 2.75) is 31.7 Å². The van der Waals surface area contributed by atoms with Crippen molar-refractivity contribution in [1.82, 2.24) is 5.32 Å². The maximum absolute atomic E-state index is 13.2. The second-order valence-corrected chi connectivity index (χ2v) is 5.28. The van der Waals surface area contributed by atoms with E-state index in [1.807, 2.05) is 0 Å². The average Bonchev–Trinajstić information content (AvgIpc) is 2.43. The number of nitrogens with two attached hydrogens (primary N) is 1. The zero-order chi connectivity index (χ0) is 14.7. The van der Waals surface area contributed by atoms with Gasteiger partial charge in [0.2, 0.25) is 0 Å². The summed E-state index contributed by atoms with van der Waals surface area (Å²) in [6.45, 7) is 0.468. The molecule has 1 aromatic rings. The number of carbonyl (C=O) groups is 1. The molecule has 1 aliphatic rings. The number of hydrogen-bond acceptors (Lipinski definition) is 3.